The summed E-state index contributed by atoms with van der Waals surface area (Å²) in [5, 5.41) is 3.40. The van der Waals surface area contributed by atoms with Crippen LogP contribution in [0, 0.1) is 12.7 Å². The number of nitrogens with one attached hydrogen (secondary N) is 1. The summed E-state index contributed by atoms with van der Waals surface area (Å²) in [5.74, 6) is 0.0631. The zero-order valence-corrected chi connectivity index (χ0v) is 14.8. The Balaban J connectivity index is 0.00000242. The van der Waals surface area contributed by atoms with E-state index in [9.17, 15) is 9.18 Å². The highest BCUT2D eigenvalue weighted by atomic mass is 35.5. The predicted octanol–water partition coefficient (Wildman–Crippen LogP) is 2.70. The summed E-state index contributed by atoms with van der Waals surface area (Å²) in [4.78, 5) is 16.7. The number of halogens is 3. The molecule has 2 aromatic rings. The second-order valence-corrected chi connectivity index (χ2v) is 5.39. The Morgan fingerprint density at radius 1 is 1.35 bits per heavy atom. The van der Waals surface area contributed by atoms with E-state index in [0.717, 1.165) is 0 Å². The molecule has 0 unspecified atom stereocenters. The third-order valence-corrected chi connectivity index (χ3v) is 3.78. The molecule has 3 N–H and O–H groups in total. The lowest BCUT2D eigenvalue weighted by atomic mass is 10.3. The monoisotopic (exact) mass is 381 g/mol. The third kappa shape index (κ3) is 6.31. The first-order valence-corrected chi connectivity index (χ1v) is 7.24. The van der Waals surface area contributed by atoms with Gasteiger partial charge >= 0.3 is 0 Å². The van der Waals surface area contributed by atoms with E-state index < -0.39 is 0 Å². The van der Waals surface area contributed by atoms with E-state index in [1.54, 1.807) is 19.1 Å². The number of carbonyl (C=O) groups excluding carboxylic acids is 1. The summed E-state index contributed by atoms with van der Waals surface area (Å²) in [6, 6.07) is 5.75. The first-order chi connectivity index (χ1) is 10.1. The van der Waals surface area contributed by atoms with Gasteiger partial charge in [-0.3, -0.25) is 4.79 Å². The van der Waals surface area contributed by atoms with Gasteiger partial charge in [-0.25, -0.2) is 9.37 Å². The van der Waals surface area contributed by atoms with Crippen LogP contribution in [0.2, 0.25) is 0 Å². The number of aryl methyl sites for hydroxylation is 1. The topological polar surface area (TPSA) is 77.2 Å². The molecule has 1 amide bonds. The lowest BCUT2D eigenvalue weighted by molar-refractivity contribution is 0.0958. The lowest BCUT2D eigenvalue weighted by Gasteiger charge is -2.03. The first-order valence-electron chi connectivity index (χ1n) is 6.43. The molecular formula is C14H18Cl2FN3O2S. The number of hydrogen-bond acceptors (Lipinski definition) is 5. The predicted molar refractivity (Wildman–Crippen MR) is 93.5 cm³/mol. The molecule has 128 valence electrons. The standard InChI is InChI=1S/C14H16FN3O2S.2ClH/c1-9-13(14(19)17-7-6-16)21-12(18-9)8-20-11-4-2-10(15)3-5-11;;/h2-5H,6-8,16H2,1H3,(H,17,19);2*1H. The maximum Gasteiger partial charge on any atom is 0.263 e. The smallest absolute Gasteiger partial charge is 0.263 e. The van der Waals surface area contributed by atoms with Gasteiger partial charge in [-0.1, -0.05) is 0 Å². The fourth-order valence-electron chi connectivity index (χ4n) is 1.67. The Morgan fingerprint density at radius 2 is 2.00 bits per heavy atom. The molecule has 9 heteroatoms. The van der Waals surface area contributed by atoms with E-state index in [1.807, 2.05) is 0 Å². The van der Waals surface area contributed by atoms with Gasteiger partial charge in [0, 0.05) is 13.1 Å². The second-order valence-electron chi connectivity index (χ2n) is 4.31. The minimum atomic E-state index is -0.314. The van der Waals surface area contributed by atoms with Crippen molar-refractivity contribution < 1.29 is 13.9 Å². The van der Waals surface area contributed by atoms with Crippen LogP contribution in [0.15, 0.2) is 24.3 Å². The van der Waals surface area contributed by atoms with Crippen LogP contribution in [0.25, 0.3) is 0 Å². The molecule has 23 heavy (non-hydrogen) atoms. The van der Waals surface area contributed by atoms with Gasteiger partial charge in [-0.05, 0) is 31.2 Å². The van der Waals surface area contributed by atoms with Crippen LogP contribution in [0.1, 0.15) is 20.4 Å². The van der Waals surface area contributed by atoms with Crippen LogP contribution >= 0.6 is 36.2 Å². The van der Waals surface area contributed by atoms with Crippen LogP contribution in [-0.4, -0.2) is 24.0 Å². The van der Waals surface area contributed by atoms with E-state index in [2.05, 4.69) is 10.3 Å². The Bertz CT molecular complexity index is 623. The summed E-state index contributed by atoms with van der Waals surface area (Å²) >= 11 is 1.28. The summed E-state index contributed by atoms with van der Waals surface area (Å²) in [6.07, 6.45) is 0. The number of nitrogens with zero attached hydrogens (tertiary/aromatic N) is 1. The molecule has 0 aliphatic rings. The fraction of sp³-hybridized carbons (Fsp3) is 0.286. The number of thiazole rings is 1. The van der Waals surface area contributed by atoms with Gasteiger partial charge in [-0.2, -0.15) is 0 Å². The number of nitrogens with two attached hydrogens (primary N) is 1. The van der Waals surface area contributed by atoms with Crippen molar-refractivity contribution in [3.8, 4) is 5.75 Å². The van der Waals surface area contributed by atoms with E-state index in [1.165, 1.54) is 23.5 Å². The lowest BCUT2D eigenvalue weighted by Crippen LogP contribution is -2.28. The van der Waals surface area contributed by atoms with E-state index in [0.29, 0.717) is 34.4 Å². The molecule has 0 fully saturated rings. The van der Waals surface area contributed by atoms with Gasteiger partial charge in [0.2, 0.25) is 0 Å². The molecule has 0 aliphatic heterocycles. The average Bonchev–Trinajstić information content (AvgIpc) is 2.85. The van der Waals surface area contributed by atoms with Gasteiger partial charge in [0.25, 0.3) is 5.91 Å². The molecular weight excluding hydrogens is 364 g/mol. The maximum absolute atomic E-state index is 12.8. The molecule has 1 heterocycles. The van der Waals surface area contributed by atoms with Crippen molar-refractivity contribution in [2.75, 3.05) is 13.1 Å². The molecule has 0 radical (unpaired) electrons. The number of amides is 1. The van der Waals surface area contributed by atoms with E-state index in [-0.39, 0.29) is 43.1 Å². The minimum Gasteiger partial charge on any atom is -0.486 e. The molecule has 0 bridgehead atoms. The number of hydrogen-bond donors (Lipinski definition) is 2. The second kappa shape index (κ2) is 10.4. The Labute approximate surface area is 150 Å². The van der Waals surface area contributed by atoms with Crippen molar-refractivity contribution in [2.45, 2.75) is 13.5 Å². The summed E-state index contributed by atoms with van der Waals surface area (Å²) in [7, 11) is 0. The number of aromatic nitrogens is 1. The van der Waals surface area contributed by atoms with Crippen molar-refractivity contribution >= 4 is 42.1 Å². The number of carbonyl (C=O) groups is 1. The summed E-state index contributed by atoms with van der Waals surface area (Å²) < 4.78 is 18.3. The number of ether oxygens (including phenoxy) is 1. The van der Waals surface area contributed by atoms with E-state index in [4.69, 9.17) is 10.5 Å². The van der Waals surface area contributed by atoms with Gasteiger partial charge in [0.1, 0.15) is 28.1 Å². The zero-order valence-electron chi connectivity index (χ0n) is 12.4. The summed E-state index contributed by atoms with van der Waals surface area (Å²) in [6.45, 7) is 2.83. The summed E-state index contributed by atoms with van der Waals surface area (Å²) in [5.41, 5.74) is 6.01. The Morgan fingerprint density at radius 3 is 2.61 bits per heavy atom. The van der Waals surface area contributed by atoms with Crippen LogP contribution < -0.4 is 15.8 Å². The largest absolute Gasteiger partial charge is 0.486 e. The highest BCUT2D eigenvalue weighted by Crippen LogP contribution is 2.20. The number of rotatable bonds is 6. The highest BCUT2D eigenvalue weighted by molar-refractivity contribution is 7.13. The van der Waals surface area contributed by atoms with Crippen LogP contribution in [0.5, 0.6) is 5.75 Å². The molecule has 0 saturated carbocycles. The van der Waals surface area contributed by atoms with Gasteiger partial charge in [-0.15, -0.1) is 36.2 Å². The highest BCUT2D eigenvalue weighted by Gasteiger charge is 2.15. The van der Waals surface area contributed by atoms with Gasteiger partial charge in [0.15, 0.2) is 0 Å². The molecule has 2 rings (SSSR count). The molecule has 5 nitrogen and oxygen atoms in total. The van der Waals surface area contributed by atoms with Crippen molar-refractivity contribution in [1.82, 2.24) is 10.3 Å². The van der Waals surface area contributed by atoms with E-state index >= 15 is 0 Å². The van der Waals surface area contributed by atoms with Crippen molar-refractivity contribution in [3.05, 3.63) is 45.7 Å². The van der Waals surface area contributed by atoms with Crippen molar-refractivity contribution in [1.29, 1.82) is 0 Å². The molecule has 0 atom stereocenters. The number of benzene rings is 1. The van der Waals surface area contributed by atoms with Crippen LogP contribution in [0.3, 0.4) is 0 Å². The van der Waals surface area contributed by atoms with Gasteiger partial charge in [0.05, 0.1) is 5.69 Å². The molecule has 0 spiro atoms. The minimum absolute atomic E-state index is 0. The van der Waals surface area contributed by atoms with Crippen molar-refractivity contribution in [3.63, 3.8) is 0 Å². The van der Waals surface area contributed by atoms with Crippen LogP contribution in [0.4, 0.5) is 4.39 Å². The Hall–Kier alpha value is -1.41. The normalized spacial score (nSPS) is 9.52. The Kier molecular flexibility index (Phi) is 9.74. The fourth-order valence-corrected chi connectivity index (χ4v) is 2.56. The van der Waals surface area contributed by atoms with Crippen LogP contribution in [-0.2, 0) is 6.61 Å². The molecule has 0 aliphatic carbocycles. The first kappa shape index (κ1) is 21.6. The molecule has 1 aromatic carbocycles. The van der Waals surface area contributed by atoms with Gasteiger partial charge < -0.3 is 15.8 Å². The third-order valence-electron chi connectivity index (χ3n) is 2.65. The van der Waals surface area contributed by atoms with Crippen molar-refractivity contribution in [2.24, 2.45) is 5.73 Å². The SMILES string of the molecule is Cc1nc(COc2ccc(F)cc2)sc1C(=O)NCCN.Cl.Cl. The molecule has 0 saturated heterocycles. The zero-order chi connectivity index (χ0) is 15.2. The maximum atomic E-state index is 12.8. The quantitative estimate of drug-likeness (QED) is 0.806. The molecule has 1 aromatic heterocycles. The average molecular weight is 382 g/mol.